The predicted octanol–water partition coefficient (Wildman–Crippen LogP) is 3.85. The quantitative estimate of drug-likeness (QED) is 0.730. The molecule has 4 rings (SSSR count). The minimum atomic E-state index is -1.14. The van der Waals surface area contributed by atoms with Gasteiger partial charge < -0.3 is 14.7 Å². The van der Waals surface area contributed by atoms with Crippen molar-refractivity contribution >= 4 is 17.2 Å². The standard InChI is InChI=1S/C22H22N2O3S/c1-22(26)15-24(13-12-19(22)27-17-10-6-3-7-11-17)21(25)18-14-28-20(23-18)16-8-4-2-5-9-16/h2-11,14,19,26H,12-13,15H2,1H3/t19-,22-/m0/s1. The largest absolute Gasteiger partial charge is 0.487 e. The smallest absolute Gasteiger partial charge is 0.273 e. The van der Waals surface area contributed by atoms with Crippen LogP contribution >= 0.6 is 11.3 Å². The number of piperidine rings is 1. The fourth-order valence-electron chi connectivity index (χ4n) is 3.42. The van der Waals surface area contributed by atoms with Crippen molar-refractivity contribution < 1.29 is 14.6 Å². The van der Waals surface area contributed by atoms with Gasteiger partial charge >= 0.3 is 0 Å². The lowest BCUT2D eigenvalue weighted by Crippen LogP contribution is -2.58. The van der Waals surface area contributed by atoms with Crippen molar-refractivity contribution in [2.45, 2.75) is 25.0 Å². The van der Waals surface area contributed by atoms with E-state index in [1.807, 2.05) is 60.7 Å². The average molecular weight is 394 g/mol. The van der Waals surface area contributed by atoms with E-state index in [1.54, 1.807) is 17.2 Å². The van der Waals surface area contributed by atoms with Gasteiger partial charge in [0.2, 0.25) is 0 Å². The maximum Gasteiger partial charge on any atom is 0.273 e. The Morgan fingerprint density at radius 1 is 1.18 bits per heavy atom. The molecule has 1 aliphatic heterocycles. The normalized spacial score (nSPS) is 22.1. The molecule has 5 nitrogen and oxygen atoms in total. The number of nitrogens with zero attached hydrogens (tertiary/aromatic N) is 2. The van der Waals surface area contributed by atoms with Crippen molar-refractivity contribution in [3.63, 3.8) is 0 Å². The van der Waals surface area contributed by atoms with E-state index < -0.39 is 5.60 Å². The summed E-state index contributed by atoms with van der Waals surface area (Å²) in [5.74, 6) is 0.566. The van der Waals surface area contributed by atoms with Gasteiger partial charge in [0, 0.05) is 23.9 Å². The number of rotatable bonds is 4. The topological polar surface area (TPSA) is 62.7 Å². The summed E-state index contributed by atoms with van der Waals surface area (Å²) < 4.78 is 5.96. The van der Waals surface area contributed by atoms with Crippen molar-refractivity contribution in [3.05, 3.63) is 71.7 Å². The first-order chi connectivity index (χ1) is 13.5. The molecule has 1 aliphatic rings. The zero-order chi connectivity index (χ0) is 19.6. The van der Waals surface area contributed by atoms with Crippen LogP contribution in [0.25, 0.3) is 10.6 Å². The van der Waals surface area contributed by atoms with Crippen molar-refractivity contribution in [2.24, 2.45) is 0 Å². The Bertz CT molecular complexity index is 941. The molecule has 2 aromatic carbocycles. The van der Waals surface area contributed by atoms with E-state index in [0.717, 1.165) is 16.3 Å². The molecule has 0 aliphatic carbocycles. The summed E-state index contributed by atoms with van der Waals surface area (Å²) in [5.41, 5.74) is 0.276. The molecule has 1 amide bonds. The number of carbonyl (C=O) groups excluding carboxylic acids is 1. The van der Waals surface area contributed by atoms with Gasteiger partial charge in [0.1, 0.15) is 28.2 Å². The van der Waals surface area contributed by atoms with E-state index in [9.17, 15) is 9.90 Å². The van der Waals surface area contributed by atoms with Crippen LogP contribution < -0.4 is 4.74 Å². The highest BCUT2D eigenvalue weighted by Gasteiger charge is 2.41. The number of para-hydroxylation sites is 1. The Morgan fingerprint density at radius 3 is 2.54 bits per heavy atom. The predicted molar refractivity (Wildman–Crippen MR) is 110 cm³/mol. The molecule has 6 heteroatoms. The molecule has 0 spiro atoms. The third-order valence-electron chi connectivity index (χ3n) is 4.92. The summed E-state index contributed by atoms with van der Waals surface area (Å²) >= 11 is 1.45. The Balaban J connectivity index is 1.45. The second kappa shape index (κ2) is 7.73. The Hall–Kier alpha value is -2.70. The van der Waals surface area contributed by atoms with Gasteiger partial charge in [-0.2, -0.15) is 0 Å². The third kappa shape index (κ3) is 3.93. The summed E-state index contributed by atoms with van der Waals surface area (Å²) in [7, 11) is 0. The van der Waals surface area contributed by atoms with Crippen LogP contribution in [0.1, 0.15) is 23.8 Å². The zero-order valence-corrected chi connectivity index (χ0v) is 16.4. The second-order valence-electron chi connectivity index (χ2n) is 7.20. The highest BCUT2D eigenvalue weighted by atomic mass is 32.1. The van der Waals surface area contributed by atoms with Gasteiger partial charge in [-0.1, -0.05) is 48.5 Å². The molecule has 1 N–H and O–H groups in total. The number of aliphatic hydroxyl groups is 1. The van der Waals surface area contributed by atoms with Crippen LogP contribution in [0.5, 0.6) is 5.75 Å². The molecule has 28 heavy (non-hydrogen) atoms. The summed E-state index contributed by atoms with van der Waals surface area (Å²) in [5, 5.41) is 13.5. The molecule has 2 heterocycles. The number of likely N-dealkylation sites (tertiary alicyclic amines) is 1. The molecule has 1 aromatic heterocycles. The van der Waals surface area contributed by atoms with Gasteiger partial charge in [-0.3, -0.25) is 4.79 Å². The summed E-state index contributed by atoms with van der Waals surface area (Å²) in [4.78, 5) is 19.1. The van der Waals surface area contributed by atoms with Crippen LogP contribution in [0.15, 0.2) is 66.0 Å². The molecular weight excluding hydrogens is 372 g/mol. The first-order valence-corrected chi connectivity index (χ1v) is 10.2. The van der Waals surface area contributed by atoms with Crippen LogP contribution in [0.2, 0.25) is 0 Å². The van der Waals surface area contributed by atoms with Gasteiger partial charge in [-0.15, -0.1) is 11.3 Å². The second-order valence-corrected chi connectivity index (χ2v) is 8.05. The molecule has 0 saturated carbocycles. The van der Waals surface area contributed by atoms with E-state index in [1.165, 1.54) is 11.3 Å². The summed E-state index contributed by atoms with van der Waals surface area (Å²) in [6, 6.07) is 19.3. The first kappa shape index (κ1) is 18.7. The highest BCUT2D eigenvalue weighted by Crippen LogP contribution is 2.28. The number of ether oxygens (including phenoxy) is 1. The van der Waals surface area contributed by atoms with Gasteiger partial charge in [0.25, 0.3) is 5.91 Å². The van der Waals surface area contributed by atoms with Crippen LogP contribution in [0.3, 0.4) is 0 Å². The van der Waals surface area contributed by atoms with E-state index in [4.69, 9.17) is 4.74 Å². The van der Waals surface area contributed by atoms with Crippen LogP contribution in [-0.4, -0.2) is 45.7 Å². The molecule has 0 radical (unpaired) electrons. The minimum Gasteiger partial charge on any atom is -0.487 e. The number of amides is 1. The number of benzene rings is 2. The lowest BCUT2D eigenvalue weighted by molar-refractivity contribution is -0.0900. The molecular formula is C22H22N2O3S. The average Bonchev–Trinajstić information content (AvgIpc) is 3.20. The van der Waals surface area contributed by atoms with Gasteiger partial charge in [0.05, 0.1) is 6.54 Å². The molecule has 0 unspecified atom stereocenters. The van der Waals surface area contributed by atoms with Crippen LogP contribution in [-0.2, 0) is 0 Å². The van der Waals surface area contributed by atoms with Crippen molar-refractivity contribution in [3.8, 4) is 16.3 Å². The fourth-order valence-corrected chi connectivity index (χ4v) is 4.22. The zero-order valence-electron chi connectivity index (χ0n) is 15.6. The van der Waals surface area contributed by atoms with E-state index in [0.29, 0.717) is 18.7 Å². The van der Waals surface area contributed by atoms with Gasteiger partial charge in [0.15, 0.2) is 0 Å². The molecule has 0 bridgehead atoms. The molecule has 2 atom stereocenters. The maximum absolute atomic E-state index is 12.9. The lowest BCUT2D eigenvalue weighted by atomic mass is 9.91. The number of aromatic nitrogens is 1. The monoisotopic (exact) mass is 394 g/mol. The fraction of sp³-hybridized carbons (Fsp3) is 0.273. The molecule has 1 fully saturated rings. The summed E-state index contributed by atoms with van der Waals surface area (Å²) in [6.07, 6.45) is 0.192. The maximum atomic E-state index is 12.9. The Morgan fingerprint density at radius 2 is 1.86 bits per heavy atom. The number of β-amino-alcohol motifs (C(OH)–C–C–N with tert-alkyl or cyclic N) is 1. The molecule has 1 saturated heterocycles. The Labute approximate surface area is 168 Å². The Kier molecular flexibility index (Phi) is 5.15. The number of hydrogen-bond acceptors (Lipinski definition) is 5. The SMILES string of the molecule is C[C@]1(O)CN(C(=O)c2csc(-c3ccccc3)n2)CC[C@@H]1Oc1ccccc1. The van der Waals surface area contributed by atoms with Gasteiger partial charge in [-0.05, 0) is 19.1 Å². The van der Waals surface area contributed by atoms with Crippen molar-refractivity contribution in [1.29, 1.82) is 0 Å². The van der Waals surface area contributed by atoms with E-state index in [-0.39, 0.29) is 18.6 Å². The van der Waals surface area contributed by atoms with Crippen molar-refractivity contribution in [1.82, 2.24) is 9.88 Å². The third-order valence-corrected chi connectivity index (χ3v) is 5.81. The van der Waals surface area contributed by atoms with Crippen LogP contribution in [0.4, 0.5) is 0 Å². The molecule has 144 valence electrons. The lowest BCUT2D eigenvalue weighted by Gasteiger charge is -2.42. The van der Waals surface area contributed by atoms with Crippen molar-refractivity contribution in [2.75, 3.05) is 13.1 Å². The van der Waals surface area contributed by atoms with E-state index >= 15 is 0 Å². The number of thiazole rings is 1. The van der Waals surface area contributed by atoms with Gasteiger partial charge in [-0.25, -0.2) is 4.98 Å². The van der Waals surface area contributed by atoms with E-state index in [2.05, 4.69) is 4.98 Å². The van der Waals surface area contributed by atoms with Crippen LogP contribution in [0, 0.1) is 0 Å². The summed E-state index contributed by atoms with van der Waals surface area (Å²) in [6.45, 7) is 2.45. The number of hydrogen-bond donors (Lipinski definition) is 1. The number of carbonyl (C=O) groups is 1. The highest BCUT2D eigenvalue weighted by molar-refractivity contribution is 7.13. The first-order valence-electron chi connectivity index (χ1n) is 9.27. The molecule has 3 aromatic rings. The minimum absolute atomic E-state index is 0.156.